The van der Waals surface area contributed by atoms with Gasteiger partial charge in [0.1, 0.15) is 0 Å². The van der Waals surface area contributed by atoms with E-state index in [0.29, 0.717) is 12.2 Å². The molecule has 0 fully saturated rings. The van der Waals surface area contributed by atoms with Crippen molar-refractivity contribution in [2.75, 3.05) is 11.9 Å². The number of benzene rings is 1. The smallest absolute Gasteiger partial charge is 0.337 e. The maximum Gasteiger partial charge on any atom is 0.337 e. The van der Waals surface area contributed by atoms with Crippen molar-refractivity contribution in [3.8, 4) is 0 Å². The first-order valence-corrected chi connectivity index (χ1v) is 8.56. The predicted molar refractivity (Wildman–Crippen MR) is 86.8 cm³/mol. The fraction of sp³-hybridized carbons (Fsp3) is 0.533. The Morgan fingerprint density at radius 3 is 2.32 bits per heavy atom. The van der Waals surface area contributed by atoms with Crippen molar-refractivity contribution in [1.29, 1.82) is 0 Å². The van der Waals surface area contributed by atoms with Crippen LogP contribution in [0.25, 0.3) is 0 Å². The number of sulfonamides is 1. The average molecular weight is 328 g/mol. The minimum Gasteiger partial charge on any atom is -0.478 e. The van der Waals surface area contributed by atoms with Crippen LogP contribution in [0.5, 0.6) is 0 Å². The number of carboxylic acids is 1. The fourth-order valence-corrected chi connectivity index (χ4v) is 2.98. The summed E-state index contributed by atoms with van der Waals surface area (Å²) in [4.78, 5) is 11.3. The maximum absolute atomic E-state index is 12.2. The van der Waals surface area contributed by atoms with E-state index in [0.717, 1.165) is 0 Å². The van der Waals surface area contributed by atoms with Crippen LogP contribution < -0.4 is 10.0 Å². The Bertz CT molecular complexity index is 646. The highest BCUT2D eigenvalue weighted by Gasteiger charge is 2.21. The van der Waals surface area contributed by atoms with Crippen molar-refractivity contribution in [2.24, 2.45) is 5.92 Å². The Morgan fingerprint density at radius 2 is 1.86 bits per heavy atom. The van der Waals surface area contributed by atoms with E-state index in [-0.39, 0.29) is 21.9 Å². The number of carboxylic acid groups (broad SMARTS) is 1. The topological polar surface area (TPSA) is 95.5 Å². The van der Waals surface area contributed by atoms with Crippen molar-refractivity contribution < 1.29 is 18.3 Å². The molecule has 1 aromatic rings. The molecular formula is C15H24N2O4S. The largest absolute Gasteiger partial charge is 0.478 e. The van der Waals surface area contributed by atoms with Gasteiger partial charge in [-0.25, -0.2) is 17.9 Å². The Balaban J connectivity index is 3.20. The third kappa shape index (κ3) is 5.31. The summed E-state index contributed by atoms with van der Waals surface area (Å²) in [6.45, 7) is 9.77. The van der Waals surface area contributed by atoms with E-state index in [1.54, 1.807) is 0 Å². The Morgan fingerprint density at radius 1 is 1.27 bits per heavy atom. The molecule has 0 saturated carbocycles. The first-order chi connectivity index (χ1) is 9.92. The van der Waals surface area contributed by atoms with Crippen LogP contribution in [0.2, 0.25) is 0 Å². The molecule has 0 heterocycles. The van der Waals surface area contributed by atoms with Crippen molar-refractivity contribution in [2.45, 2.75) is 45.1 Å². The molecule has 0 unspecified atom stereocenters. The van der Waals surface area contributed by atoms with Gasteiger partial charge in [0.25, 0.3) is 0 Å². The second kappa shape index (κ2) is 6.66. The van der Waals surface area contributed by atoms with E-state index >= 15 is 0 Å². The number of anilines is 1. The lowest BCUT2D eigenvalue weighted by Crippen LogP contribution is -2.29. The number of hydrogen-bond acceptors (Lipinski definition) is 4. The second-order valence-corrected chi connectivity index (χ2v) is 8.40. The van der Waals surface area contributed by atoms with Gasteiger partial charge in [-0.2, -0.15) is 0 Å². The van der Waals surface area contributed by atoms with Gasteiger partial charge in [0.05, 0.1) is 10.5 Å². The highest BCUT2D eigenvalue weighted by Crippen LogP contribution is 2.23. The normalized spacial score (nSPS) is 12.5. The molecule has 0 radical (unpaired) electrons. The molecule has 0 atom stereocenters. The summed E-state index contributed by atoms with van der Waals surface area (Å²) in [7, 11) is -3.71. The number of nitrogens with one attached hydrogen (secondary N) is 2. The summed E-state index contributed by atoms with van der Waals surface area (Å²) in [5.74, 6) is -1.01. The van der Waals surface area contributed by atoms with Crippen molar-refractivity contribution in [3.63, 3.8) is 0 Å². The summed E-state index contributed by atoms with van der Waals surface area (Å²) >= 11 is 0. The third-order valence-corrected chi connectivity index (χ3v) is 4.14. The molecule has 0 aromatic heterocycles. The minimum absolute atomic E-state index is 0.0509. The lowest BCUT2D eigenvalue weighted by molar-refractivity contribution is 0.0697. The van der Waals surface area contributed by atoms with E-state index < -0.39 is 16.0 Å². The standard InChI is InChI=1S/C15H24N2O4S/c1-10(2)9-16-22(20,21)11-6-7-13(17-15(3,4)5)12(8-11)14(18)19/h6-8,10,16-17H,9H2,1-5H3,(H,18,19). The van der Waals surface area contributed by atoms with Crippen molar-refractivity contribution in [1.82, 2.24) is 4.72 Å². The van der Waals surface area contributed by atoms with Crippen LogP contribution in [0.15, 0.2) is 23.1 Å². The molecule has 0 amide bonds. The summed E-state index contributed by atoms with van der Waals surface area (Å²) in [6, 6.07) is 4.07. The zero-order chi connectivity index (χ0) is 17.1. The van der Waals surface area contributed by atoms with Gasteiger partial charge in [-0.1, -0.05) is 13.8 Å². The number of carbonyl (C=O) groups is 1. The van der Waals surface area contributed by atoms with Gasteiger partial charge in [0.2, 0.25) is 10.0 Å². The summed E-state index contributed by atoms with van der Waals surface area (Å²) in [5, 5.41) is 12.4. The highest BCUT2D eigenvalue weighted by atomic mass is 32.2. The zero-order valence-electron chi connectivity index (χ0n) is 13.6. The molecule has 124 valence electrons. The molecule has 0 aliphatic carbocycles. The first kappa shape index (κ1) is 18.4. The molecule has 1 aromatic carbocycles. The molecule has 6 nitrogen and oxygen atoms in total. The molecule has 22 heavy (non-hydrogen) atoms. The average Bonchev–Trinajstić information content (AvgIpc) is 2.34. The van der Waals surface area contributed by atoms with Gasteiger partial charge in [0, 0.05) is 17.8 Å². The van der Waals surface area contributed by atoms with Crippen LogP contribution in [-0.4, -0.2) is 31.6 Å². The van der Waals surface area contributed by atoms with Gasteiger partial charge >= 0.3 is 5.97 Å². The third-order valence-electron chi connectivity index (χ3n) is 2.72. The van der Waals surface area contributed by atoms with E-state index in [4.69, 9.17) is 0 Å². The molecule has 1 rings (SSSR count). The van der Waals surface area contributed by atoms with Gasteiger partial charge in [-0.05, 0) is 44.9 Å². The number of hydrogen-bond donors (Lipinski definition) is 3. The Kier molecular flexibility index (Phi) is 5.59. The van der Waals surface area contributed by atoms with Crippen LogP contribution in [0.3, 0.4) is 0 Å². The van der Waals surface area contributed by atoms with E-state index in [1.807, 2.05) is 34.6 Å². The van der Waals surface area contributed by atoms with Crippen LogP contribution >= 0.6 is 0 Å². The molecule has 0 aliphatic rings. The van der Waals surface area contributed by atoms with Crippen molar-refractivity contribution in [3.05, 3.63) is 23.8 Å². The summed E-state index contributed by atoms with van der Waals surface area (Å²) in [6.07, 6.45) is 0. The van der Waals surface area contributed by atoms with Gasteiger partial charge in [0.15, 0.2) is 0 Å². The van der Waals surface area contributed by atoms with E-state index in [2.05, 4.69) is 10.0 Å². The fourth-order valence-electron chi connectivity index (χ4n) is 1.74. The lowest BCUT2D eigenvalue weighted by Gasteiger charge is -2.23. The Labute approximate surface area is 132 Å². The second-order valence-electron chi connectivity index (χ2n) is 6.63. The van der Waals surface area contributed by atoms with Crippen LogP contribution in [0, 0.1) is 5.92 Å². The van der Waals surface area contributed by atoms with Gasteiger partial charge < -0.3 is 10.4 Å². The van der Waals surface area contributed by atoms with Crippen LogP contribution in [0.1, 0.15) is 45.0 Å². The lowest BCUT2D eigenvalue weighted by atomic mass is 10.1. The molecular weight excluding hydrogens is 304 g/mol. The Hall–Kier alpha value is -1.60. The monoisotopic (exact) mass is 328 g/mol. The predicted octanol–water partition coefficient (Wildman–Crippen LogP) is 2.53. The highest BCUT2D eigenvalue weighted by molar-refractivity contribution is 7.89. The summed E-state index contributed by atoms with van der Waals surface area (Å²) in [5.41, 5.74) is -0.00863. The van der Waals surface area contributed by atoms with E-state index in [9.17, 15) is 18.3 Å². The van der Waals surface area contributed by atoms with Crippen molar-refractivity contribution >= 4 is 21.7 Å². The quantitative estimate of drug-likeness (QED) is 0.746. The molecule has 0 bridgehead atoms. The molecule has 0 saturated heterocycles. The maximum atomic E-state index is 12.2. The molecule has 3 N–H and O–H groups in total. The SMILES string of the molecule is CC(C)CNS(=O)(=O)c1ccc(NC(C)(C)C)c(C(=O)O)c1. The first-order valence-electron chi connectivity index (χ1n) is 7.07. The van der Waals surface area contributed by atoms with Gasteiger partial charge in [-0.15, -0.1) is 0 Å². The molecule has 0 spiro atoms. The van der Waals surface area contributed by atoms with Crippen LogP contribution in [-0.2, 0) is 10.0 Å². The molecule has 7 heteroatoms. The van der Waals surface area contributed by atoms with Gasteiger partial charge in [-0.3, -0.25) is 0 Å². The number of rotatable bonds is 6. The van der Waals surface area contributed by atoms with Crippen LogP contribution in [0.4, 0.5) is 5.69 Å². The van der Waals surface area contributed by atoms with E-state index in [1.165, 1.54) is 18.2 Å². The summed E-state index contributed by atoms with van der Waals surface area (Å²) < 4.78 is 26.8. The molecule has 0 aliphatic heterocycles. The zero-order valence-corrected chi connectivity index (χ0v) is 14.4. The minimum atomic E-state index is -3.71. The number of aromatic carboxylic acids is 1.